The quantitative estimate of drug-likeness (QED) is 0.785. The third kappa shape index (κ3) is 2.62. The molecule has 1 N–H and O–H groups in total. The maximum Gasteiger partial charge on any atom is 0.112 e. The van der Waals surface area contributed by atoms with Gasteiger partial charge < -0.3 is 4.98 Å². The molecular formula is C18H17N5OS. The number of aromatic amines is 1. The predicted octanol–water partition coefficient (Wildman–Crippen LogP) is 2.46. The summed E-state index contributed by atoms with van der Waals surface area (Å²) in [5, 5.41) is 10.0. The number of hydrogen-bond acceptors (Lipinski definition) is 4. The molecule has 0 amide bonds. The number of nitrogens with one attached hydrogen (secondary N) is 1. The first-order valence-electron chi connectivity index (χ1n) is 8.53. The number of fused-ring (bicyclic) bond motifs is 3. The Labute approximate surface area is 147 Å². The van der Waals surface area contributed by atoms with Crippen LogP contribution in [0.25, 0.3) is 21.9 Å². The number of nitriles is 1. The van der Waals surface area contributed by atoms with Crippen LogP contribution in [0.3, 0.4) is 0 Å². The lowest BCUT2D eigenvalue weighted by Gasteiger charge is -2.12. The van der Waals surface area contributed by atoms with Crippen LogP contribution in [0.1, 0.15) is 30.1 Å². The normalized spacial score (nSPS) is 24.1. The monoisotopic (exact) mass is 351 g/mol. The van der Waals surface area contributed by atoms with Gasteiger partial charge in [0, 0.05) is 30.1 Å². The molecule has 126 valence electrons. The van der Waals surface area contributed by atoms with Crippen molar-refractivity contribution >= 4 is 32.9 Å². The maximum absolute atomic E-state index is 12.4. The summed E-state index contributed by atoms with van der Waals surface area (Å²) in [7, 11) is -0.911. The van der Waals surface area contributed by atoms with Crippen LogP contribution in [0.15, 0.2) is 24.4 Å². The number of rotatable bonds is 3. The Kier molecular flexibility index (Phi) is 3.37. The van der Waals surface area contributed by atoms with Crippen molar-refractivity contribution in [2.75, 3.05) is 18.8 Å². The molecule has 1 aliphatic heterocycles. The first kappa shape index (κ1) is 15.0. The van der Waals surface area contributed by atoms with Crippen LogP contribution in [0.2, 0.25) is 0 Å². The summed E-state index contributed by atoms with van der Waals surface area (Å²) in [6, 6.07) is 7.62. The van der Waals surface area contributed by atoms with E-state index in [1.165, 1.54) is 12.8 Å². The Hall–Kier alpha value is -2.30. The highest BCUT2D eigenvalue weighted by atomic mass is 32.2. The molecule has 0 radical (unpaired) electrons. The van der Waals surface area contributed by atoms with Gasteiger partial charge in [0.15, 0.2) is 0 Å². The lowest BCUT2D eigenvalue weighted by Crippen LogP contribution is -2.23. The van der Waals surface area contributed by atoms with E-state index < -0.39 is 11.0 Å². The Balaban J connectivity index is 1.53. The standard InChI is InChI=1S/C18H17N5OS/c19-6-12-3-4-15-14(5-12)17-16(7-20-15)21-18(22-17)13-9-23(25(24)10-13)8-11-1-2-11/h3-5,7,11,13H,1-2,8-10H2,(H,21,22)/t13-,25?/m1/s1. The molecule has 2 fully saturated rings. The molecule has 1 saturated heterocycles. The maximum atomic E-state index is 12.4. The summed E-state index contributed by atoms with van der Waals surface area (Å²) in [5.74, 6) is 2.39. The predicted molar refractivity (Wildman–Crippen MR) is 96.2 cm³/mol. The van der Waals surface area contributed by atoms with E-state index in [1.807, 2.05) is 12.1 Å². The zero-order chi connectivity index (χ0) is 17.0. The number of aromatic nitrogens is 3. The van der Waals surface area contributed by atoms with E-state index in [1.54, 1.807) is 12.3 Å². The Bertz CT molecular complexity index is 1050. The van der Waals surface area contributed by atoms with E-state index in [4.69, 9.17) is 10.2 Å². The van der Waals surface area contributed by atoms with Gasteiger partial charge in [0.1, 0.15) is 5.82 Å². The minimum Gasteiger partial charge on any atom is -0.340 e. The number of benzene rings is 1. The number of pyridine rings is 1. The van der Waals surface area contributed by atoms with E-state index in [-0.39, 0.29) is 5.92 Å². The summed E-state index contributed by atoms with van der Waals surface area (Å²) in [6.07, 6.45) is 4.32. The van der Waals surface area contributed by atoms with Crippen LogP contribution in [-0.4, -0.2) is 42.3 Å². The largest absolute Gasteiger partial charge is 0.340 e. The van der Waals surface area contributed by atoms with Crippen molar-refractivity contribution in [3.63, 3.8) is 0 Å². The number of hydrogen-bond donors (Lipinski definition) is 1. The molecule has 5 rings (SSSR count). The number of nitrogens with zero attached hydrogens (tertiary/aromatic N) is 4. The van der Waals surface area contributed by atoms with Gasteiger partial charge in [-0.2, -0.15) is 5.26 Å². The molecule has 3 heterocycles. The number of imidazole rings is 1. The fourth-order valence-electron chi connectivity index (χ4n) is 3.51. The van der Waals surface area contributed by atoms with Gasteiger partial charge in [-0.3, -0.25) is 4.98 Å². The molecule has 1 saturated carbocycles. The molecule has 0 spiro atoms. The van der Waals surface area contributed by atoms with Crippen molar-refractivity contribution in [3.05, 3.63) is 35.8 Å². The fourth-order valence-corrected chi connectivity index (χ4v) is 5.05. The van der Waals surface area contributed by atoms with Crippen molar-refractivity contribution in [1.82, 2.24) is 19.3 Å². The molecule has 1 aliphatic carbocycles. The van der Waals surface area contributed by atoms with E-state index >= 15 is 0 Å². The minimum atomic E-state index is -0.911. The van der Waals surface area contributed by atoms with Crippen LogP contribution in [0, 0.1) is 17.2 Å². The SMILES string of the molecule is N#Cc1ccc2ncc3[nH]c([C@@H]4CN(CC5CC5)S(=O)C4)nc3c2c1. The van der Waals surface area contributed by atoms with Crippen molar-refractivity contribution in [1.29, 1.82) is 5.26 Å². The molecule has 2 aliphatic rings. The van der Waals surface area contributed by atoms with Crippen LogP contribution in [0.5, 0.6) is 0 Å². The average Bonchev–Trinajstić information content (AvgIpc) is 3.21. The highest BCUT2D eigenvalue weighted by Gasteiger charge is 2.35. The van der Waals surface area contributed by atoms with Gasteiger partial charge in [-0.1, -0.05) is 0 Å². The van der Waals surface area contributed by atoms with E-state index in [9.17, 15) is 4.21 Å². The molecule has 7 heteroatoms. The molecule has 1 unspecified atom stereocenters. The lowest BCUT2D eigenvalue weighted by molar-refractivity contribution is 0.432. The average molecular weight is 351 g/mol. The molecular weight excluding hydrogens is 334 g/mol. The number of H-pyrrole nitrogens is 1. The third-order valence-electron chi connectivity index (χ3n) is 5.06. The topological polar surface area (TPSA) is 85.7 Å². The van der Waals surface area contributed by atoms with Gasteiger partial charge in [0.05, 0.1) is 45.4 Å². The Morgan fingerprint density at radius 1 is 1.40 bits per heavy atom. The second-order valence-corrected chi connectivity index (χ2v) is 8.45. The van der Waals surface area contributed by atoms with Gasteiger partial charge in [-0.15, -0.1) is 0 Å². The van der Waals surface area contributed by atoms with Gasteiger partial charge in [0.25, 0.3) is 0 Å². The van der Waals surface area contributed by atoms with Crippen molar-refractivity contribution in [2.45, 2.75) is 18.8 Å². The Morgan fingerprint density at radius 2 is 2.28 bits per heavy atom. The lowest BCUT2D eigenvalue weighted by atomic mass is 10.1. The summed E-state index contributed by atoms with van der Waals surface area (Å²) in [6.45, 7) is 1.73. The molecule has 3 aromatic rings. The van der Waals surface area contributed by atoms with Crippen molar-refractivity contribution in [3.8, 4) is 6.07 Å². The third-order valence-corrected chi connectivity index (χ3v) is 6.63. The van der Waals surface area contributed by atoms with Gasteiger partial charge in [0.2, 0.25) is 0 Å². The van der Waals surface area contributed by atoms with Crippen LogP contribution in [-0.2, 0) is 11.0 Å². The zero-order valence-electron chi connectivity index (χ0n) is 13.6. The smallest absolute Gasteiger partial charge is 0.112 e. The summed E-state index contributed by atoms with van der Waals surface area (Å²) in [5.41, 5.74) is 3.13. The van der Waals surface area contributed by atoms with Crippen molar-refractivity contribution in [2.24, 2.45) is 5.92 Å². The summed E-state index contributed by atoms with van der Waals surface area (Å²) >= 11 is 0. The van der Waals surface area contributed by atoms with Crippen LogP contribution in [0.4, 0.5) is 0 Å². The second-order valence-electron chi connectivity index (χ2n) is 6.96. The highest BCUT2D eigenvalue weighted by Crippen LogP contribution is 2.34. The van der Waals surface area contributed by atoms with E-state index in [2.05, 4.69) is 20.3 Å². The highest BCUT2D eigenvalue weighted by molar-refractivity contribution is 7.82. The van der Waals surface area contributed by atoms with Gasteiger partial charge >= 0.3 is 0 Å². The summed E-state index contributed by atoms with van der Waals surface area (Å²) < 4.78 is 14.5. The van der Waals surface area contributed by atoms with Gasteiger partial charge in [-0.25, -0.2) is 13.5 Å². The van der Waals surface area contributed by atoms with Crippen LogP contribution >= 0.6 is 0 Å². The Morgan fingerprint density at radius 3 is 3.08 bits per heavy atom. The fraction of sp³-hybridized carbons (Fsp3) is 0.389. The molecule has 2 atom stereocenters. The molecule has 2 aromatic heterocycles. The zero-order valence-corrected chi connectivity index (χ0v) is 14.4. The van der Waals surface area contributed by atoms with E-state index in [0.29, 0.717) is 11.3 Å². The van der Waals surface area contributed by atoms with E-state index in [0.717, 1.165) is 46.8 Å². The second kappa shape index (κ2) is 5.61. The minimum absolute atomic E-state index is 0.154. The summed E-state index contributed by atoms with van der Waals surface area (Å²) in [4.78, 5) is 12.6. The first-order valence-corrected chi connectivity index (χ1v) is 9.81. The molecule has 6 nitrogen and oxygen atoms in total. The van der Waals surface area contributed by atoms with Gasteiger partial charge in [-0.05, 0) is 37.0 Å². The first-order chi connectivity index (χ1) is 12.2. The molecule has 1 aromatic carbocycles. The molecule has 0 bridgehead atoms. The molecule has 25 heavy (non-hydrogen) atoms. The van der Waals surface area contributed by atoms with Crippen molar-refractivity contribution < 1.29 is 4.21 Å². The van der Waals surface area contributed by atoms with Crippen LogP contribution < -0.4 is 0 Å².